The SMILES string of the molecule is COCCOC(=O)c1cc2c(Oc3ccc(NC(=O)Nc4nccs4)cc3)ccnc2cc1OC.COc1cc2nccc(Oc3ccc(NC(=O)Nc4nccs4)cc3)c2cc1C(=O)O. The van der Waals surface area contributed by atoms with Crippen molar-refractivity contribution in [2.45, 2.75) is 0 Å². The number of fused-ring (bicyclic) bond motifs is 2. The summed E-state index contributed by atoms with van der Waals surface area (Å²) in [5.41, 5.74) is 2.54. The number of amides is 4. The minimum Gasteiger partial charge on any atom is -0.496 e. The molecule has 0 aliphatic carbocycles. The lowest BCUT2D eigenvalue weighted by molar-refractivity contribution is 0.0384. The minimum absolute atomic E-state index is 0.0126. The average Bonchev–Trinajstić information content (AvgIpc) is 4.05. The first-order valence-corrected chi connectivity index (χ1v) is 21.2. The third kappa shape index (κ3) is 11.8. The van der Waals surface area contributed by atoms with Gasteiger partial charge >= 0.3 is 24.0 Å². The van der Waals surface area contributed by atoms with Gasteiger partial charge in [-0.2, -0.15) is 0 Å². The summed E-state index contributed by atoms with van der Waals surface area (Å²) >= 11 is 2.64. The molecule has 21 heteroatoms. The highest BCUT2D eigenvalue weighted by molar-refractivity contribution is 7.14. The number of hydrogen-bond acceptors (Lipinski definition) is 16. The lowest BCUT2D eigenvalue weighted by Gasteiger charge is -2.13. The molecule has 5 N–H and O–H groups in total. The van der Waals surface area contributed by atoms with Crippen LogP contribution < -0.4 is 40.2 Å². The molecule has 0 saturated carbocycles. The third-order valence-electron chi connectivity index (χ3n) is 9.00. The van der Waals surface area contributed by atoms with E-state index in [1.807, 2.05) is 0 Å². The number of hydrogen-bond donors (Lipinski definition) is 5. The fourth-order valence-electron chi connectivity index (χ4n) is 5.99. The first-order chi connectivity index (χ1) is 32.1. The second kappa shape index (κ2) is 21.8. The minimum atomic E-state index is -1.11. The van der Waals surface area contributed by atoms with Crippen LogP contribution in [0.2, 0.25) is 0 Å². The molecule has 0 saturated heterocycles. The maximum Gasteiger partial charge on any atom is 0.342 e. The molecule has 0 aliphatic heterocycles. The molecule has 0 spiro atoms. The Morgan fingerprint density at radius 2 is 1.02 bits per heavy atom. The third-order valence-corrected chi connectivity index (χ3v) is 10.4. The summed E-state index contributed by atoms with van der Waals surface area (Å²) in [6.45, 7) is 0.407. The van der Waals surface area contributed by atoms with E-state index in [1.165, 1.54) is 50.1 Å². The molecule has 0 radical (unpaired) electrons. The summed E-state index contributed by atoms with van der Waals surface area (Å²) < 4.78 is 32.7. The molecule has 4 aromatic heterocycles. The van der Waals surface area contributed by atoms with Gasteiger partial charge < -0.3 is 44.2 Å². The van der Waals surface area contributed by atoms with E-state index in [4.69, 9.17) is 28.4 Å². The Morgan fingerprint density at radius 3 is 1.44 bits per heavy atom. The summed E-state index contributed by atoms with van der Waals surface area (Å²) in [4.78, 5) is 64.8. The van der Waals surface area contributed by atoms with Crippen LogP contribution in [0.5, 0.6) is 34.5 Å². The molecule has 4 heterocycles. The van der Waals surface area contributed by atoms with Gasteiger partial charge in [0.05, 0.1) is 31.9 Å². The molecule has 8 aromatic rings. The van der Waals surface area contributed by atoms with Crippen LogP contribution in [0.25, 0.3) is 21.8 Å². The van der Waals surface area contributed by atoms with Crippen LogP contribution in [0.3, 0.4) is 0 Å². The Hall–Kier alpha value is -8.40. The number of anilines is 4. The lowest BCUT2D eigenvalue weighted by Crippen LogP contribution is -2.19. The molecule has 19 nitrogen and oxygen atoms in total. The van der Waals surface area contributed by atoms with E-state index in [0.29, 0.717) is 72.2 Å². The van der Waals surface area contributed by atoms with Gasteiger partial charge in [-0.3, -0.25) is 20.6 Å². The molecule has 8 rings (SSSR count). The fourth-order valence-corrected chi connectivity index (χ4v) is 7.04. The number of carbonyl (C=O) groups excluding carboxylic acids is 3. The van der Waals surface area contributed by atoms with Crippen molar-refractivity contribution in [1.82, 2.24) is 19.9 Å². The van der Waals surface area contributed by atoms with Crippen molar-refractivity contribution in [1.29, 1.82) is 0 Å². The van der Waals surface area contributed by atoms with Crippen molar-refractivity contribution in [3.63, 3.8) is 0 Å². The number of aromatic nitrogens is 4. The zero-order chi connectivity index (χ0) is 46.4. The van der Waals surface area contributed by atoms with Crippen LogP contribution >= 0.6 is 22.7 Å². The number of carboxylic acid groups (broad SMARTS) is 1. The van der Waals surface area contributed by atoms with E-state index < -0.39 is 24.0 Å². The molecule has 336 valence electrons. The number of thiazole rings is 2. The maximum absolute atomic E-state index is 12.6. The predicted octanol–water partition coefficient (Wildman–Crippen LogP) is 9.77. The largest absolute Gasteiger partial charge is 0.496 e. The first-order valence-electron chi connectivity index (χ1n) is 19.4. The van der Waals surface area contributed by atoms with E-state index >= 15 is 0 Å². The van der Waals surface area contributed by atoms with Gasteiger partial charge in [0.1, 0.15) is 52.2 Å². The summed E-state index contributed by atoms with van der Waals surface area (Å²) in [6, 6.07) is 22.5. The number of carbonyl (C=O) groups is 4. The second-order valence-electron chi connectivity index (χ2n) is 13.3. The van der Waals surface area contributed by atoms with Crippen molar-refractivity contribution in [2.24, 2.45) is 0 Å². The van der Waals surface area contributed by atoms with Gasteiger partial charge in [-0.25, -0.2) is 29.1 Å². The van der Waals surface area contributed by atoms with Crippen LogP contribution in [0.4, 0.5) is 31.2 Å². The van der Waals surface area contributed by atoms with Gasteiger partial charge in [-0.05, 0) is 72.8 Å². The topological polar surface area (TPSA) is 244 Å². The van der Waals surface area contributed by atoms with Crippen molar-refractivity contribution >= 4 is 90.1 Å². The number of benzene rings is 4. The van der Waals surface area contributed by atoms with Crippen molar-refractivity contribution in [3.05, 3.63) is 132 Å². The van der Waals surface area contributed by atoms with Gasteiger partial charge in [0.15, 0.2) is 10.3 Å². The van der Waals surface area contributed by atoms with Crippen molar-refractivity contribution in [3.8, 4) is 34.5 Å². The van der Waals surface area contributed by atoms with E-state index in [-0.39, 0.29) is 30.1 Å². The highest BCUT2D eigenvalue weighted by atomic mass is 32.1. The standard InChI is InChI=1S/C24H22N4O6S.C21H16N4O5S/c1-31-10-11-33-22(29)18-13-17-19(14-21(18)32-2)25-8-7-20(17)34-16-5-3-15(4-6-16)27-23(30)28-24-26-9-12-35-24;1-29-18-11-16-14(10-15(18)19(26)27)17(6-7-22-16)30-13-4-2-12(3-5-13)24-20(28)25-21-23-8-9-31-21/h3-9,12-14H,10-11H2,1-2H3,(H2,26,27,28,30);2-11H,1H3,(H,26,27)(H2,23,24,25,28). The summed E-state index contributed by atoms with van der Waals surface area (Å²) in [7, 11) is 4.40. The van der Waals surface area contributed by atoms with Crippen LogP contribution in [0, 0.1) is 0 Å². The number of nitrogens with one attached hydrogen (secondary N) is 4. The fraction of sp³-hybridized carbons (Fsp3) is 0.111. The number of esters is 1. The quantitative estimate of drug-likeness (QED) is 0.0474. The lowest BCUT2D eigenvalue weighted by atomic mass is 10.1. The van der Waals surface area contributed by atoms with Gasteiger partial charge in [0, 0.05) is 76.9 Å². The maximum atomic E-state index is 12.6. The Morgan fingerprint density at radius 1 is 0.545 bits per heavy atom. The Kier molecular flexibility index (Phi) is 15.1. The van der Waals surface area contributed by atoms with Crippen molar-refractivity contribution < 1.29 is 52.7 Å². The second-order valence-corrected chi connectivity index (χ2v) is 15.1. The molecule has 0 atom stereocenters. The van der Waals surface area contributed by atoms with Gasteiger partial charge in [-0.1, -0.05) is 0 Å². The van der Waals surface area contributed by atoms with E-state index in [0.717, 1.165) is 0 Å². The highest BCUT2D eigenvalue weighted by Gasteiger charge is 2.19. The van der Waals surface area contributed by atoms with E-state index in [2.05, 4.69) is 41.2 Å². The molecular weight excluding hydrogens is 893 g/mol. The Bertz CT molecular complexity index is 2960. The zero-order valence-electron chi connectivity index (χ0n) is 35.1. The Balaban J connectivity index is 0.000000198. The Labute approximate surface area is 383 Å². The molecule has 0 aliphatic rings. The average molecular weight is 931 g/mol. The van der Waals surface area contributed by atoms with Crippen molar-refractivity contribution in [2.75, 3.05) is 55.8 Å². The number of rotatable bonds is 15. The zero-order valence-corrected chi connectivity index (χ0v) is 36.7. The van der Waals surface area contributed by atoms with Crippen LogP contribution in [-0.4, -0.2) is 83.6 Å². The molecule has 0 unspecified atom stereocenters. The van der Waals surface area contributed by atoms with E-state index in [1.54, 1.807) is 114 Å². The summed E-state index contributed by atoms with van der Waals surface area (Å²) in [5, 5.41) is 25.8. The number of methoxy groups -OCH3 is 3. The number of aromatic carboxylic acids is 1. The number of carboxylic acids is 1. The van der Waals surface area contributed by atoms with Gasteiger partial charge in [0.2, 0.25) is 0 Å². The van der Waals surface area contributed by atoms with Crippen LogP contribution in [-0.2, 0) is 9.47 Å². The number of nitrogens with zero attached hydrogens (tertiary/aromatic N) is 4. The molecule has 0 bridgehead atoms. The van der Waals surface area contributed by atoms with Crippen LogP contribution in [0.1, 0.15) is 20.7 Å². The molecule has 66 heavy (non-hydrogen) atoms. The van der Waals surface area contributed by atoms with Crippen LogP contribution in [0.15, 0.2) is 120 Å². The normalized spacial score (nSPS) is 10.5. The molecular formula is C45H38N8O11S2. The highest BCUT2D eigenvalue weighted by Crippen LogP contribution is 2.35. The predicted molar refractivity (Wildman–Crippen MR) is 248 cm³/mol. The molecule has 4 amide bonds. The number of pyridine rings is 2. The van der Waals surface area contributed by atoms with Gasteiger partial charge in [-0.15, -0.1) is 22.7 Å². The molecule has 0 fully saturated rings. The number of urea groups is 2. The monoisotopic (exact) mass is 930 g/mol. The smallest absolute Gasteiger partial charge is 0.342 e. The summed E-state index contributed by atoms with van der Waals surface area (Å²) in [6.07, 6.45) is 6.38. The molecule has 4 aromatic carbocycles. The first kappa shape index (κ1) is 45.6. The van der Waals surface area contributed by atoms with Gasteiger partial charge in [0.25, 0.3) is 0 Å². The van der Waals surface area contributed by atoms with E-state index in [9.17, 15) is 24.3 Å². The number of ether oxygens (including phenoxy) is 6. The summed E-state index contributed by atoms with van der Waals surface area (Å²) in [5.74, 6) is 0.881.